The van der Waals surface area contributed by atoms with E-state index in [2.05, 4.69) is 12.2 Å². The van der Waals surface area contributed by atoms with E-state index in [-0.39, 0.29) is 0 Å². The Balaban J connectivity index is 1.67. The van der Waals surface area contributed by atoms with Gasteiger partial charge in [-0.2, -0.15) is 0 Å². The summed E-state index contributed by atoms with van der Waals surface area (Å²) in [5.74, 6) is 1.00. The summed E-state index contributed by atoms with van der Waals surface area (Å²) >= 11 is 0. The van der Waals surface area contributed by atoms with Crippen LogP contribution in [0.3, 0.4) is 0 Å². The number of hydrogen-bond acceptors (Lipinski definition) is 2. The summed E-state index contributed by atoms with van der Waals surface area (Å²) in [5, 5.41) is 3.86. The van der Waals surface area contributed by atoms with E-state index in [0.717, 1.165) is 18.6 Å². The molecule has 2 aliphatic carbocycles. The van der Waals surface area contributed by atoms with Gasteiger partial charge in [-0.05, 0) is 49.9 Å². The fourth-order valence-corrected chi connectivity index (χ4v) is 3.36. The molecule has 2 saturated carbocycles. The number of nitrogens with one attached hydrogen (secondary N) is 1. The van der Waals surface area contributed by atoms with Gasteiger partial charge in [0.05, 0.1) is 0 Å². The van der Waals surface area contributed by atoms with Crippen LogP contribution in [0.5, 0.6) is 0 Å². The monoisotopic (exact) mass is 253 g/mol. The van der Waals surface area contributed by atoms with Gasteiger partial charge < -0.3 is 10.1 Å². The normalized spacial score (nSPS) is 31.0. The molecule has 0 aromatic heterocycles. The second-order valence-corrected chi connectivity index (χ2v) is 6.60. The van der Waals surface area contributed by atoms with Crippen LogP contribution in [0.2, 0.25) is 0 Å². The lowest BCUT2D eigenvalue weighted by Crippen LogP contribution is -2.34. The highest BCUT2D eigenvalue weighted by molar-refractivity contribution is 4.95. The topological polar surface area (TPSA) is 21.3 Å². The molecule has 106 valence electrons. The van der Waals surface area contributed by atoms with Crippen molar-refractivity contribution < 1.29 is 4.74 Å². The van der Waals surface area contributed by atoms with Crippen LogP contribution in [-0.4, -0.2) is 26.3 Å². The minimum Gasteiger partial charge on any atom is -0.385 e. The Morgan fingerprint density at radius 3 is 2.67 bits per heavy atom. The van der Waals surface area contributed by atoms with Crippen LogP contribution in [0.15, 0.2) is 0 Å². The maximum absolute atomic E-state index is 5.23. The van der Waals surface area contributed by atoms with E-state index in [1.165, 1.54) is 64.3 Å². The van der Waals surface area contributed by atoms with E-state index in [4.69, 9.17) is 4.74 Å². The standard InChI is InChI=1S/C16H31NO/c1-3-14-5-4-6-15(8-7-14)17-13-16(9-10-16)11-12-18-2/h14-15,17H,3-13H2,1-2H3. The summed E-state index contributed by atoms with van der Waals surface area (Å²) in [5.41, 5.74) is 0.604. The van der Waals surface area contributed by atoms with Gasteiger partial charge in [0.25, 0.3) is 0 Å². The van der Waals surface area contributed by atoms with Crippen LogP contribution in [0.1, 0.15) is 64.7 Å². The SMILES string of the molecule is CCC1CCCC(NCC2(CCOC)CC2)CC1. The minimum absolute atomic E-state index is 0.604. The van der Waals surface area contributed by atoms with E-state index in [0.29, 0.717) is 5.41 Å². The van der Waals surface area contributed by atoms with Crippen LogP contribution in [0, 0.1) is 11.3 Å². The van der Waals surface area contributed by atoms with Gasteiger partial charge in [-0.3, -0.25) is 0 Å². The lowest BCUT2D eigenvalue weighted by Gasteiger charge is -2.21. The van der Waals surface area contributed by atoms with Gasteiger partial charge in [-0.25, -0.2) is 0 Å². The van der Waals surface area contributed by atoms with E-state index in [1.807, 2.05) is 7.11 Å². The Morgan fingerprint density at radius 1 is 1.17 bits per heavy atom. The van der Waals surface area contributed by atoms with Crippen molar-refractivity contribution >= 4 is 0 Å². The second-order valence-electron chi connectivity index (χ2n) is 6.60. The van der Waals surface area contributed by atoms with E-state index in [9.17, 15) is 0 Å². The summed E-state index contributed by atoms with van der Waals surface area (Å²) in [6, 6.07) is 0.793. The third kappa shape index (κ3) is 4.24. The molecule has 1 N–H and O–H groups in total. The first-order chi connectivity index (χ1) is 8.78. The number of methoxy groups -OCH3 is 1. The largest absolute Gasteiger partial charge is 0.385 e. The average molecular weight is 253 g/mol. The lowest BCUT2D eigenvalue weighted by molar-refractivity contribution is 0.169. The smallest absolute Gasteiger partial charge is 0.0468 e. The summed E-state index contributed by atoms with van der Waals surface area (Å²) in [4.78, 5) is 0. The van der Waals surface area contributed by atoms with Crippen molar-refractivity contribution in [3.8, 4) is 0 Å². The molecule has 2 unspecified atom stereocenters. The van der Waals surface area contributed by atoms with Crippen LogP contribution in [0.25, 0.3) is 0 Å². The molecule has 0 saturated heterocycles. The van der Waals surface area contributed by atoms with Crippen molar-refractivity contribution in [2.75, 3.05) is 20.3 Å². The Hall–Kier alpha value is -0.0800. The molecular weight excluding hydrogens is 222 g/mol. The molecule has 2 aliphatic rings. The van der Waals surface area contributed by atoms with Crippen molar-refractivity contribution in [2.24, 2.45) is 11.3 Å². The highest BCUT2D eigenvalue weighted by Gasteiger charge is 2.41. The third-order valence-electron chi connectivity index (χ3n) is 5.23. The van der Waals surface area contributed by atoms with Crippen LogP contribution in [0.4, 0.5) is 0 Å². The average Bonchev–Trinajstić information content (AvgIpc) is 3.19. The zero-order valence-electron chi connectivity index (χ0n) is 12.3. The Bertz CT molecular complexity index is 237. The van der Waals surface area contributed by atoms with Crippen molar-refractivity contribution in [3.05, 3.63) is 0 Å². The maximum atomic E-state index is 5.23. The van der Waals surface area contributed by atoms with E-state index < -0.39 is 0 Å². The van der Waals surface area contributed by atoms with Gasteiger partial charge in [0.1, 0.15) is 0 Å². The molecule has 2 rings (SSSR count). The first-order valence-electron chi connectivity index (χ1n) is 8.00. The molecule has 0 aromatic rings. The molecule has 2 heteroatoms. The predicted octanol–water partition coefficient (Wildman–Crippen LogP) is 3.75. The second kappa shape index (κ2) is 6.91. The first-order valence-corrected chi connectivity index (χ1v) is 8.00. The molecule has 0 aromatic carbocycles. The van der Waals surface area contributed by atoms with Crippen molar-refractivity contribution in [3.63, 3.8) is 0 Å². The molecule has 2 nitrogen and oxygen atoms in total. The van der Waals surface area contributed by atoms with Crippen molar-refractivity contribution in [2.45, 2.75) is 70.8 Å². The molecule has 0 spiro atoms. The highest BCUT2D eigenvalue weighted by atomic mass is 16.5. The van der Waals surface area contributed by atoms with Gasteiger partial charge in [-0.1, -0.05) is 26.2 Å². The van der Waals surface area contributed by atoms with Crippen LogP contribution < -0.4 is 5.32 Å². The van der Waals surface area contributed by atoms with Gasteiger partial charge >= 0.3 is 0 Å². The lowest BCUT2D eigenvalue weighted by atomic mass is 9.97. The van der Waals surface area contributed by atoms with Crippen molar-refractivity contribution in [1.82, 2.24) is 5.32 Å². The third-order valence-corrected chi connectivity index (χ3v) is 5.23. The zero-order chi connectivity index (χ0) is 12.8. The Labute approximate surface area is 113 Å². The fraction of sp³-hybridized carbons (Fsp3) is 1.00. The molecule has 0 aliphatic heterocycles. The minimum atomic E-state index is 0.604. The van der Waals surface area contributed by atoms with Gasteiger partial charge in [-0.15, -0.1) is 0 Å². The number of hydrogen-bond donors (Lipinski definition) is 1. The van der Waals surface area contributed by atoms with Gasteiger partial charge in [0.2, 0.25) is 0 Å². The molecule has 0 bridgehead atoms. The molecule has 0 amide bonds. The van der Waals surface area contributed by atoms with Crippen LogP contribution in [-0.2, 0) is 4.74 Å². The van der Waals surface area contributed by atoms with Crippen molar-refractivity contribution in [1.29, 1.82) is 0 Å². The predicted molar refractivity (Wildman–Crippen MR) is 76.8 cm³/mol. The molecule has 0 radical (unpaired) electrons. The molecule has 2 fully saturated rings. The Kier molecular flexibility index (Phi) is 5.50. The summed E-state index contributed by atoms with van der Waals surface area (Å²) in [7, 11) is 1.82. The maximum Gasteiger partial charge on any atom is 0.0468 e. The zero-order valence-corrected chi connectivity index (χ0v) is 12.3. The number of ether oxygens (including phenoxy) is 1. The summed E-state index contributed by atoms with van der Waals surface area (Å²) in [6.07, 6.45) is 12.6. The summed E-state index contributed by atoms with van der Waals surface area (Å²) < 4.78 is 5.23. The first kappa shape index (κ1) is 14.3. The molecule has 2 atom stereocenters. The molecular formula is C16H31NO. The van der Waals surface area contributed by atoms with E-state index >= 15 is 0 Å². The summed E-state index contributed by atoms with van der Waals surface area (Å²) in [6.45, 7) is 4.52. The molecule has 0 heterocycles. The molecule has 18 heavy (non-hydrogen) atoms. The van der Waals surface area contributed by atoms with Gasteiger partial charge in [0.15, 0.2) is 0 Å². The number of rotatable bonds is 7. The quantitative estimate of drug-likeness (QED) is 0.698. The van der Waals surface area contributed by atoms with E-state index in [1.54, 1.807) is 0 Å². The fourth-order valence-electron chi connectivity index (χ4n) is 3.36. The van der Waals surface area contributed by atoms with Crippen LogP contribution >= 0.6 is 0 Å². The highest BCUT2D eigenvalue weighted by Crippen LogP contribution is 2.48. The van der Waals surface area contributed by atoms with Gasteiger partial charge in [0, 0.05) is 26.3 Å². The Morgan fingerprint density at radius 2 is 2.00 bits per heavy atom.